The molecule has 3 aromatic rings. The molecule has 0 bridgehead atoms. The molecule has 3 rings (SSSR count). The number of fused-ring (bicyclic) bond motifs is 1. The average molecular weight is 346 g/mol. The van der Waals surface area contributed by atoms with E-state index in [0.717, 1.165) is 0 Å². The normalized spacial score (nSPS) is 11.1. The van der Waals surface area contributed by atoms with Crippen LogP contribution < -0.4 is 15.0 Å². The zero-order valence-electron chi connectivity index (χ0n) is 13.7. The second-order valence-electron chi connectivity index (χ2n) is 5.43. The van der Waals surface area contributed by atoms with Crippen LogP contribution in [0.2, 0.25) is 0 Å². The zero-order chi connectivity index (χ0) is 18.0. The van der Waals surface area contributed by atoms with Gasteiger partial charge >= 0.3 is 6.61 Å². The first-order chi connectivity index (χ1) is 12.0. The van der Waals surface area contributed by atoms with E-state index in [0.29, 0.717) is 22.3 Å². The first kappa shape index (κ1) is 16.9. The molecule has 5 nitrogen and oxygen atoms in total. The van der Waals surface area contributed by atoms with E-state index in [-0.39, 0.29) is 23.6 Å². The number of nitrogens with zero attached hydrogens (tertiary/aromatic N) is 2. The molecule has 130 valence electrons. The van der Waals surface area contributed by atoms with E-state index in [1.54, 1.807) is 37.3 Å². The molecule has 0 amide bonds. The second-order valence-corrected chi connectivity index (χ2v) is 5.43. The monoisotopic (exact) mass is 346 g/mol. The molecule has 0 unspecified atom stereocenters. The lowest BCUT2D eigenvalue weighted by molar-refractivity contribution is -0.0512. The van der Waals surface area contributed by atoms with Crippen molar-refractivity contribution in [3.05, 3.63) is 64.2 Å². The number of aryl methyl sites for hydroxylation is 1. The van der Waals surface area contributed by atoms with E-state index in [1.807, 2.05) is 6.07 Å². The molecule has 0 spiro atoms. The third-order valence-corrected chi connectivity index (χ3v) is 3.84. The summed E-state index contributed by atoms with van der Waals surface area (Å²) in [6.07, 6.45) is 0. The van der Waals surface area contributed by atoms with Gasteiger partial charge in [0, 0.05) is 0 Å². The minimum Gasteiger partial charge on any atom is -0.493 e. The van der Waals surface area contributed by atoms with Crippen molar-refractivity contribution >= 4 is 10.9 Å². The first-order valence-electron chi connectivity index (χ1n) is 7.57. The number of methoxy groups -OCH3 is 1. The predicted molar refractivity (Wildman–Crippen MR) is 89.5 cm³/mol. The van der Waals surface area contributed by atoms with E-state index in [1.165, 1.54) is 17.7 Å². The Labute approximate surface area is 142 Å². The Morgan fingerprint density at radius 1 is 1.16 bits per heavy atom. The van der Waals surface area contributed by atoms with Gasteiger partial charge in [-0.25, -0.2) is 4.98 Å². The summed E-state index contributed by atoms with van der Waals surface area (Å²) in [5.41, 5.74) is 1.19. The van der Waals surface area contributed by atoms with Gasteiger partial charge in [0.25, 0.3) is 5.56 Å². The summed E-state index contributed by atoms with van der Waals surface area (Å²) >= 11 is 0. The van der Waals surface area contributed by atoms with Gasteiger partial charge in [0.2, 0.25) is 0 Å². The quantitative estimate of drug-likeness (QED) is 0.711. The van der Waals surface area contributed by atoms with E-state index in [4.69, 9.17) is 4.74 Å². The third kappa shape index (κ3) is 3.45. The van der Waals surface area contributed by atoms with Crippen LogP contribution in [0.4, 0.5) is 8.78 Å². The van der Waals surface area contributed by atoms with Crippen LogP contribution in [0.15, 0.2) is 47.3 Å². The van der Waals surface area contributed by atoms with Gasteiger partial charge in [-0.2, -0.15) is 8.78 Å². The number of alkyl halides is 2. The Morgan fingerprint density at radius 3 is 2.64 bits per heavy atom. The molecule has 0 aliphatic rings. The molecule has 7 heteroatoms. The fourth-order valence-corrected chi connectivity index (χ4v) is 2.65. The number of hydrogen-bond acceptors (Lipinski definition) is 4. The van der Waals surface area contributed by atoms with Crippen LogP contribution in [0.3, 0.4) is 0 Å². The molecular weight excluding hydrogens is 330 g/mol. The maximum absolute atomic E-state index is 12.7. The Kier molecular flexibility index (Phi) is 4.65. The Morgan fingerprint density at radius 2 is 1.92 bits per heavy atom. The highest BCUT2D eigenvalue weighted by Gasteiger charge is 2.13. The Hall–Kier alpha value is -2.96. The minimum atomic E-state index is -2.94. The van der Waals surface area contributed by atoms with Crippen molar-refractivity contribution in [2.45, 2.75) is 20.1 Å². The van der Waals surface area contributed by atoms with Gasteiger partial charge < -0.3 is 9.47 Å². The van der Waals surface area contributed by atoms with Crippen LogP contribution in [0.25, 0.3) is 10.9 Å². The Balaban J connectivity index is 2.00. The average Bonchev–Trinajstić information content (AvgIpc) is 2.59. The number of rotatable bonds is 5. The number of para-hydroxylation sites is 1. The molecule has 1 heterocycles. The molecule has 0 aliphatic heterocycles. The fourth-order valence-electron chi connectivity index (χ4n) is 2.65. The summed E-state index contributed by atoms with van der Waals surface area (Å²) in [5, 5.41) is 0.526. The fraction of sp³-hybridized carbons (Fsp3) is 0.222. The number of halogens is 2. The summed E-state index contributed by atoms with van der Waals surface area (Å²) < 4.78 is 35.8. The molecule has 0 saturated heterocycles. The van der Waals surface area contributed by atoms with Crippen LogP contribution in [-0.2, 0) is 6.54 Å². The largest absolute Gasteiger partial charge is 0.493 e. The molecule has 0 fully saturated rings. The molecule has 25 heavy (non-hydrogen) atoms. The van der Waals surface area contributed by atoms with E-state index < -0.39 is 6.61 Å². The highest BCUT2D eigenvalue weighted by atomic mass is 19.3. The lowest BCUT2D eigenvalue weighted by Gasteiger charge is -2.14. The molecule has 2 aromatic carbocycles. The summed E-state index contributed by atoms with van der Waals surface area (Å²) in [5.74, 6) is 0.690. The molecule has 0 aliphatic carbocycles. The SMILES string of the molecule is COc1cc(Cn2c(C)nc3ccccc3c2=O)ccc1OC(F)F. The zero-order valence-corrected chi connectivity index (χ0v) is 13.7. The maximum Gasteiger partial charge on any atom is 0.387 e. The third-order valence-electron chi connectivity index (χ3n) is 3.84. The number of benzene rings is 2. The van der Waals surface area contributed by atoms with Crippen LogP contribution >= 0.6 is 0 Å². The summed E-state index contributed by atoms with van der Waals surface area (Å²) in [6.45, 7) is -0.943. The molecule has 0 N–H and O–H groups in total. The number of aromatic nitrogens is 2. The van der Waals surface area contributed by atoms with Crippen LogP contribution in [0, 0.1) is 6.92 Å². The van der Waals surface area contributed by atoms with Gasteiger partial charge in [-0.15, -0.1) is 0 Å². The van der Waals surface area contributed by atoms with Gasteiger partial charge in [0.1, 0.15) is 5.82 Å². The van der Waals surface area contributed by atoms with Gasteiger partial charge in [0.05, 0.1) is 24.6 Å². The second kappa shape index (κ2) is 6.88. The molecule has 0 atom stereocenters. The van der Waals surface area contributed by atoms with Crippen molar-refractivity contribution in [3.63, 3.8) is 0 Å². The molecule has 0 saturated carbocycles. The molecule has 0 radical (unpaired) electrons. The van der Waals surface area contributed by atoms with Gasteiger partial charge in [0.15, 0.2) is 11.5 Å². The standard InChI is InChI=1S/C18H16F2N2O3/c1-11-21-14-6-4-3-5-13(14)17(23)22(11)10-12-7-8-15(25-18(19)20)16(9-12)24-2/h3-9,18H,10H2,1-2H3. The van der Waals surface area contributed by atoms with Crippen molar-refractivity contribution in [1.82, 2.24) is 9.55 Å². The molecular formula is C18H16F2N2O3. The summed E-state index contributed by atoms with van der Waals surface area (Å²) in [6, 6.07) is 11.7. The molecule has 1 aromatic heterocycles. The predicted octanol–water partition coefficient (Wildman–Crippen LogP) is 3.36. The summed E-state index contributed by atoms with van der Waals surface area (Å²) in [7, 11) is 1.37. The van der Waals surface area contributed by atoms with Gasteiger partial charge in [-0.3, -0.25) is 9.36 Å². The van der Waals surface area contributed by atoms with Crippen molar-refractivity contribution in [2.24, 2.45) is 0 Å². The smallest absolute Gasteiger partial charge is 0.387 e. The lowest BCUT2D eigenvalue weighted by atomic mass is 10.2. The van der Waals surface area contributed by atoms with E-state index in [2.05, 4.69) is 9.72 Å². The number of ether oxygens (including phenoxy) is 2. The van der Waals surface area contributed by atoms with Crippen LogP contribution in [-0.4, -0.2) is 23.3 Å². The topological polar surface area (TPSA) is 53.4 Å². The van der Waals surface area contributed by atoms with Gasteiger partial charge in [-0.05, 0) is 36.8 Å². The van der Waals surface area contributed by atoms with Crippen LogP contribution in [0.1, 0.15) is 11.4 Å². The highest BCUT2D eigenvalue weighted by Crippen LogP contribution is 2.29. The lowest BCUT2D eigenvalue weighted by Crippen LogP contribution is -2.24. The minimum absolute atomic E-state index is 0.0537. The van der Waals surface area contributed by atoms with Crippen molar-refractivity contribution < 1.29 is 18.3 Å². The maximum atomic E-state index is 12.7. The number of hydrogen-bond donors (Lipinski definition) is 0. The van der Waals surface area contributed by atoms with E-state index in [9.17, 15) is 13.6 Å². The first-order valence-corrected chi connectivity index (χ1v) is 7.57. The highest BCUT2D eigenvalue weighted by molar-refractivity contribution is 5.77. The van der Waals surface area contributed by atoms with Crippen molar-refractivity contribution in [3.8, 4) is 11.5 Å². The van der Waals surface area contributed by atoms with Gasteiger partial charge in [-0.1, -0.05) is 18.2 Å². The summed E-state index contributed by atoms with van der Waals surface area (Å²) in [4.78, 5) is 17.1. The van der Waals surface area contributed by atoms with Crippen molar-refractivity contribution in [1.29, 1.82) is 0 Å². The van der Waals surface area contributed by atoms with E-state index >= 15 is 0 Å². The van der Waals surface area contributed by atoms with Crippen molar-refractivity contribution in [2.75, 3.05) is 7.11 Å². The Bertz CT molecular complexity index is 970. The van der Waals surface area contributed by atoms with Crippen LogP contribution in [0.5, 0.6) is 11.5 Å².